The second-order valence-electron chi connectivity index (χ2n) is 7.69. The molecule has 8 heteroatoms. The molecule has 1 N–H and O–H groups in total. The van der Waals surface area contributed by atoms with E-state index in [9.17, 15) is 14.4 Å². The number of nitrogens with one attached hydrogen (secondary N) is 1. The summed E-state index contributed by atoms with van der Waals surface area (Å²) in [7, 11) is 0. The van der Waals surface area contributed by atoms with Gasteiger partial charge in [0.1, 0.15) is 13.2 Å². The fourth-order valence-corrected chi connectivity index (χ4v) is 3.83. The number of nitrogens with zero attached hydrogens (tertiary/aromatic N) is 1. The van der Waals surface area contributed by atoms with Gasteiger partial charge in [0.25, 0.3) is 0 Å². The molecule has 8 nitrogen and oxygen atoms in total. The van der Waals surface area contributed by atoms with Crippen molar-refractivity contribution in [1.29, 1.82) is 0 Å². The first-order valence-electron chi connectivity index (χ1n) is 8.02. The first-order valence-corrected chi connectivity index (χ1v) is 8.02. The summed E-state index contributed by atoms with van der Waals surface area (Å²) in [4.78, 5) is 37.1. The second-order valence-corrected chi connectivity index (χ2v) is 7.69. The predicted octanol–water partition coefficient (Wildman–Crippen LogP) is 2.17. The van der Waals surface area contributed by atoms with Crippen LogP contribution in [0.2, 0.25) is 0 Å². The molecule has 1 saturated carbocycles. The van der Waals surface area contributed by atoms with Gasteiger partial charge >= 0.3 is 12.2 Å². The number of carbonyl (C=O) groups is 2. The van der Waals surface area contributed by atoms with Gasteiger partial charge in [-0.2, -0.15) is 0 Å². The number of isocyanates is 1. The zero-order valence-electron chi connectivity index (χ0n) is 14.3. The number of alkyl carbamates (subject to hydrolysis) is 1. The van der Waals surface area contributed by atoms with E-state index in [2.05, 4.69) is 35.8 Å². The third-order valence-corrected chi connectivity index (χ3v) is 4.37. The molecule has 0 radical (unpaired) electrons. The van der Waals surface area contributed by atoms with Crippen LogP contribution in [0.1, 0.15) is 40.0 Å². The van der Waals surface area contributed by atoms with Crippen molar-refractivity contribution < 1.29 is 28.6 Å². The van der Waals surface area contributed by atoms with Gasteiger partial charge in [0.05, 0.1) is 6.04 Å². The lowest BCUT2D eigenvalue weighted by atomic mass is 9.63. The molecule has 2 aliphatic rings. The summed E-state index contributed by atoms with van der Waals surface area (Å²) in [6.07, 6.45) is 2.21. The number of ether oxygens (including phenoxy) is 3. The van der Waals surface area contributed by atoms with E-state index in [1.165, 1.54) is 0 Å². The Morgan fingerprint density at radius 3 is 2.79 bits per heavy atom. The molecule has 0 spiro atoms. The van der Waals surface area contributed by atoms with Gasteiger partial charge in [0.15, 0.2) is 6.10 Å². The third-order valence-electron chi connectivity index (χ3n) is 4.37. The second kappa shape index (κ2) is 7.21. The maximum absolute atomic E-state index is 11.8. The van der Waals surface area contributed by atoms with Crippen molar-refractivity contribution >= 4 is 18.3 Å². The number of hydrogen-bond acceptors (Lipinski definition) is 7. The minimum atomic E-state index is -0.747. The number of amides is 1. The van der Waals surface area contributed by atoms with E-state index in [1.54, 1.807) is 6.08 Å². The van der Waals surface area contributed by atoms with Gasteiger partial charge < -0.3 is 19.5 Å². The minimum Gasteiger partial charge on any atom is -0.445 e. The van der Waals surface area contributed by atoms with Crippen LogP contribution in [0.25, 0.3) is 0 Å². The zero-order chi connectivity index (χ0) is 17.8. The average Bonchev–Trinajstić information content (AvgIpc) is 2.87. The first-order chi connectivity index (χ1) is 11.2. The molecule has 3 unspecified atom stereocenters. The average molecular weight is 340 g/mol. The highest BCUT2D eigenvalue weighted by Gasteiger charge is 2.41. The Morgan fingerprint density at radius 2 is 2.17 bits per heavy atom. The van der Waals surface area contributed by atoms with Crippen molar-refractivity contribution in [3.63, 3.8) is 0 Å². The van der Waals surface area contributed by atoms with Crippen LogP contribution in [0.15, 0.2) is 4.99 Å². The Kier molecular flexibility index (Phi) is 5.49. The van der Waals surface area contributed by atoms with Crippen LogP contribution in [0.4, 0.5) is 9.59 Å². The Bertz CT molecular complexity index is 543. The van der Waals surface area contributed by atoms with Crippen LogP contribution in [-0.2, 0) is 19.0 Å². The Labute approximate surface area is 140 Å². The van der Waals surface area contributed by atoms with E-state index < -0.39 is 18.4 Å². The fraction of sp³-hybridized carbons (Fsp3) is 0.812. The molecule has 0 aromatic carbocycles. The molecular weight excluding hydrogens is 316 g/mol. The quantitative estimate of drug-likeness (QED) is 0.467. The molecule has 2 rings (SSSR count). The molecule has 0 aromatic heterocycles. The van der Waals surface area contributed by atoms with Crippen LogP contribution in [0, 0.1) is 10.8 Å². The topological polar surface area (TPSA) is 103 Å². The van der Waals surface area contributed by atoms with Gasteiger partial charge in [-0.15, -0.1) is 0 Å². The number of rotatable bonds is 5. The Balaban J connectivity index is 1.81. The molecule has 1 aliphatic carbocycles. The van der Waals surface area contributed by atoms with Crippen LogP contribution < -0.4 is 5.32 Å². The van der Waals surface area contributed by atoms with Gasteiger partial charge in [-0.1, -0.05) is 20.8 Å². The van der Waals surface area contributed by atoms with Crippen molar-refractivity contribution in [3.8, 4) is 0 Å². The van der Waals surface area contributed by atoms with Crippen molar-refractivity contribution in [2.45, 2.75) is 52.2 Å². The molecule has 1 saturated heterocycles. The third kappa shape index (κ3) is 5.23. The summed E-state index contributed by atoms with van der Waals surface area (Å²) in [5.41, 5.74) is -0.159. The standard InChI is InChI=1S/C16H24N2O6/c1-15(2)4-11(18-10-19)5-16(3,8-15)9-17-13(20)22-6-12-7-23-14(21)24-12/h11-12H,4-9H2,1-3H3,(H,17,20). The summed E-state index contributed by atoms with van der Waals surface area (Å²) in [5.74, 6) is 0. The summed E-state index contributed by atoms with van der Waals surface area (Å²) >= 11 is 0. The lowest BCUT2D eigenvalue weighted by Gasteiger charge is -2.45. The number of cyclic esters (lactones) is 2. The summed E-state index contributed by atoms with van der Waals surface area (Å²) in [6.45, 7) is 6.78. The monoisotopic (exact) mass is 340 g/mol. The van der Waals surface area contributed by atoms with Crippen LogP contribution >= 0.6 is 0 Å². The predicted molar refractivity (Wildman–Crippen MR) is 83.2 cm³/mol. The first kappa shape index (κ1) is 18.3. The van der Waals surface area contributed by atoms with Gasteiger partial charge in [-0.25, -0.2) is 19.4 Å². The van der Waals surface area contributed by atoms with Crippen LogP contribution in [-0.4, -0.2) is 50.2 Å². The Morgan fingerprint density at radius 1 is 1.42 bits per heavy atom. The van der Waals surface area contributed by atoms with E-state index in [-0.39, 0.29) is 30.1 Å². The molecule has 3 atom stereocenters. The maximum Gasteiger partial charge on any atom is 0.508 e. The molecule has 1 aliphatic heterocycles. The molecule has 2 fully saturated rings. The number of carbonyl (C=O) groups excluding carboxylic acids is 3. The SMILES string of the molecule is CC1(C)CC(N=C=O)CC(C)(CNC(=O)OCC2COC(=O)O2)C1. The molecule has 1 amide bonds. The van der Waals surface area contributed by atoms with Gasteiger partial charge in [-0.05, 0) is 30.1 Å². The molecule has 134 valence electrons. The fourth-order valence-electron chi connectivity index (χ4n) is 3.83. The summed E-state index contributed by atoms with van der Waals surface area (Å²) in [6, 6.07) is -0.0795. The largest absolute Gasteiger partial charge is 0.508 e. The molecular formula is C16H24N2O6. The highest BCUT2D eigenvalue weighted by atomic mass is 16.8. The maximum atomic E-state index is 11.8. The molecule has 0 bridgehead atoms. The lowest BCUT2D eigenvalue weighted by molar-refractivity contribution is 0.0617. The van der Waals surface area contributed by atoms with E-state index in [0.29, 0.717) is 13.0 Å². The summed E-state index contributed by atoms with van der Waals surface area (Å²) in [5, 5.41) is 2.75. The minimum absolute atomic E-state index is 0.0268. The van der Waals surface area contributed by atoms with Crippen LogP contribution in [0.3, 0.4) is 0 Å². The van der Waals surface area contributed by atoms with Crippen molar-refractivity contribution in [2.75, 3.05) is 19.8 Å². The number of aliphatic imine (C=N–C) groups is 1. The smallest absolute Gasteiger partial charge is 0.445 e. The number of hydrogen-bond donors (Lipinski definition) is 1. The van der Waals surface area contributed by atoms with Crippen LogP contribution in [0.5, 0.6) is 0 Å². The van der Waals surface area contributed by atoms with Crippen molar-refractivity contribution in [3.05, 3.63) is 0 Å². The highest BCUT2D eigenvalue weighted by Crippen LogP contribution is 2.46. The summed E-state index contributed by atoms with van der Waals surface area (Å²) < 4.78 is 14.4. The zero-order valence-corrected chi connectivity index (χ0v) is 14.3. The van der Waals surface area contributed by atoms with E-state index in [1.807, 2.05) is 0 Å². The van der Waals surface area contributed by atoms with Gasteiger partial charge in [-0.3, -0.25) is 0 Å². The highest BCUT2D eigenvalue weighted by molar-refractivity contribution is 5.67. The van der Waals surface area contributed by atoms with E-state index in [0.717, 1.165) is 12.8 Å². The lowest BCUT2D eigenvalue weighted by Crippen LogP contribution is -2.45. The van der Waals surface area contributed by atoms with Gasteiger partial charge in [0, 0.05) is 6.54 Å². The Hall–Kier alpha value is -2.08. The molecule has 0 aromatic rings. The normalized spacial score (nSPS) is 31.4. The van der Waals surface area contributed by atoms with E-state index in [4.69, 9.17) is 9.47 Å². The van der Waals surface area contributed by atoms with Crippen molar-refractivity contribution in [2.24, 2.45) is 15.8 Å². The van der Waals surface area contributed by atoms with E-state index >= 15 is 0 Å². The molecule has 1 heterocycles. The molecule has 24 heavy (non-hydrogen) atoms. The van der Waals surface area contributed by atoms with Gasteiger partial charge in [0.2, 0.25) is 6.08 Å². The van der Waals surface area contributed by atoms with Crippen molar-refractivity contribution in [1.82, 2.24) is 5.32 Å².